The quantitative estimate of drug-likeness (QED) is 0.699. The highest BCUT2D eigenvalue weighted by Crippen LogP contribution is 2.34. The third kappa shape index (κ3) is 3.12. The van der Waals surface area contributed by atoms with Crippen molar-refractivity contribution in [3.63, 3.8) is 0 Å². The van der Waals surface area contributed by atoms with Crippen LogP contribution in [0.1, 0.15) is 17.2 Å². The maximum atomic E-state index is 13.5. The van der Waals surface area contributed by atoms with E-state index in [1.807, 2.05) is 22.6 Å². The second-order valence-corrected chi connectivity index (χ2v) is 6.17. The molecule has 0 aliphatic carbocycles. The van der Waals surface area contributed by atoms with Gasteiger partial charge in [-0.15, -0.1) is 0 Å². The Morgan fingerprint density at radius 3 is 2.50 bits per heavy atom. The third-order valence-corrected chi connectivity index (χ3v) is 4.45. The minimum Gasteiger partial charge on any atom is -0.496 e. The molecule has 0 spiro atoms. The monoisotopic (exact) mass is 453 g/mol. The molecule has 2 rings (SSSR count). The fourth-order valence-electron chi connectivity index (χ4n) is 1.89. The lowest BCUT2D eigenvalue weighted by Crippen LogP contribution is -2.15. The summed E-state index contributed by atoms with van der Waals surface area (Å²) >= 11 is 5.15. The fourth-order valence-corrected chi connectivity index (χ4v) is 3.06. The second kappa shape index (κ2) is 6.36. The van der Waals surface area contributed by atoms with Gasteiger partial charge >= 0.3 is 0 Å². The van der Waals surface area contributed by atoms with Gasteiger partial charge in [-0.3, -0.25) is 0 Å². The van der Waals surface area contributed by atoms with Crippen LogP contribution >= 0.6 is 38.5 Å². The zero-order valence-electron chi connectivity index (χ0n) is 10.5. The summed E-state index contributed by atoms with van der Waals surface area (Å²) in [5.74, 6) is -0.387. The zero-order valence-corrected chi connectivity index (χ0v) is 14.2. The molecule has 0 saturated carbocycles. The Kier molecular flexibility index (Phi) is 4.98. The number of methoxy groups -OCH3 is 1. The van der Waals surface area contributed by atoms with Gasteiger partial charge in [0.25, 0.3) is 0 Å². The summed E-state index contributed by atoms with van der Waals surface area (Å²) in [6, 6.07) is 6.70. The molecule has 2 N–H and O–H groups in total. The van der Waals surface area contributed by atoms with Gasteiger partial charge in [-0.1, -0.05) is 6.07 Å². The Bertz CT molecular complexity index is 651. The van der Waals surface area contributed by atoms with Crippen molar-refractivity contribution >= 4 is 38.5 Å². The van der Waals surface area contributed by atoms with Gasteiger partial charge in [-0.05, 0) is 62.3 Å². The molecule has 0 bridgehead atoms. The number of nitrogens with two attached hydrogens (primary N) is 1. The maximum absolute atomic E-state index is 13.5. The Hall–Kier alpha value is -0.730. The van der Waals surface area contributed by atoms with E-state index in [9.17, 15) is 8.78 Å². The van der Waals surface area contributed by atoms with E-state index >= 15 is 0 Å². The highest BCUT2D eigenvalue weighted by atomic mass is 127. The topological polar surface area (TPSA) is 35.2 Å². The highest BCUT2D eigenvalue weighted by Gasteiger charge is 2.19. The number of hydrogen-bond donors (Lipinski definition) is 1. The summed E-state index contributed by atoms with van der Waals surface area (Å²) in [5, 5.41) is 0. The number of ether oxygens (including phenoxy) is 1. The van der Waals surface area contributed by atoms with Gasteiger partial charge in [-0.2, -0.15) is 0 Å². The van der Waals surface area contributed by atoms with Gasteiger partial charge in [0.1, 0.15) is 17.4 Å². The minimum atomic E-state index is -0.533. The van der Waals surface area contributed by atoms with Crippen LogP contribution in [-0.4, -0.2) is 7.11 Å². The zero-order chi connectivity index (χ0) is 14.9. The van der Waals surface area contributed by atoms with E-state index in [4.69, 9.17) is 10.5 Å². The second-order valence-electron chi connectivity index (χ2n) is 4.15. The number of rotatable bonds is 3. The molecule has 0 amide bonds. The Labute approximate surface area is 137 Å². The molecular formula is C14H11BrF2INO. The molecular weight excluding hydrogens is 443 g/mol. The standard InChI is InChI=1S/C14H11BrF2INO/c1-20-13-6-11(17)10(15)5-9(13)14(19)8-3-2-7(16)4-12(8)18/h2-6,14H,19H2,1H3. The first-order chi connectivity index (χ1) is 9.43. The molecule has 0 aliphatic rings. The van der Waals surface area contributed by atoms with Crippen LogP contribution in [0.25, 0.3) is 0 Å². The summed E-state index contributed by atoms with van der Waals surface area (Å²) < 4.78 is 32.9. The number of benzene rings is 2. The van der Waals surface area contributed by atoms with E-state index in [0.29, 0.717) is 19.4 Å². The molecule has 1 atom stereocenters. The summed E-state index contributed by atoms with van der Waals surface area (Å²) in [6.07, 6.45) is 0. The van der Waals surface area contributed by atoms with Crippen molar-refractivity contribution in [2.75, 3.05) is 7.11 Å². The normalized spacial score (nSPS) is 12.3. The van der Waals surface area contributed by atoms with E-state index in [1.54, 1.807) is 12.1 Å². The van der Waals surface area contributed by atoms with Gasteiger partial charge in [-0.25, -0.2) is 8.78 Å². The maximum Gasteiger partial charge on any atom is 0.141 e. The molecule has 0 heterocycles. The van der Waals surface area contributed by atoms with Gasteiger partial charge in [0.2, 0.25) is 0 Å². The van der Waals surface area contributed by atoms with Gasteiger partial charge in [0, 0.05) is 15.2 Å². The van der Waals surface area contributed by atoms with Crippen LogP contribution in [-0.2, 0) is 0 Å². The molecule has 106 valence electrons. The molecule has 6 heteroatoms. The molecule has 2 aromatic carbocycles. The van der Waals surface area contributed by atoms with Crippen molar-refractivity contribution in [2.24, 2.45) is 5.73 Å². The van der Waals surface area contributed by atoms with Crippen LogP contribution in [0.4, 0.5) is 8.78 Å². The highest BCUT2D eigenvalue weighted by molar-refractivity contribution is 14.1. The first-order valence-electron chi connectivity index (χ1n) is 5.67. The van der Waals surface area contributed by atoms with Crippen LogP contribution < -0.4 is 10.5 Å². The Morgan fingerprint density at radius 1 is 1.20 bits per heavy atom. The van der Waals surface area contributed by atoms with Crippen LogP contribution in [0, 0.1) is 15.2 Å². The molecule has 1 unspecified atom stereocenters. The molecule has 0 fully saturated rings. The molecule has 0 radical (unpaired) electrons. The molecule has 0 aliphatic heterocycles. The van der Waals surface area contributed by atoms with Gasteiger partial charge < -0.3 is 10.5 Å². The Balaban J connectivity index is 2.52. The van der Waals surface area contributed by atoms with E-state index in [0.717, 1.165) is 5.56 Å². The number of hydrogen-bond acceptors (Lipinski definition) is 2. The van der Waals surface area contributed by atoms with Crippen molar-refractivity contribution < 1.29 is 13.5 Å². The summed E-state index contributed by atoms with van der Waals surface area (Å²) in [4.78, 5) is 0. The fraction of sp³-hybridized carbons (Fsp3) is 0.143. The molecule has 0 aromatic heterocycles. The first kappa shape index (κ1) is 15.7. The summed E-state index contributed by atoms with van der Waals surface area (Å²) in [6.45, 7) is 0. The van der Waals surface area contributed by atoms with Crippen LogP contribution in [0.5, 0.6) is 5.75 Å². The van der Waals surface area contributed by atoms with Crippen molar-refractivity contribution in [3.8, 4) is 5.75 Å². The first-order valence-corrected chi connectivity index (χ1v) is 7.54. The van der Waals surface area contributed by atoms with Crippen LogP contribution in [0.15, 0.2) is 34.8 Å². The summed E-state index contributed by atoms with van der Waals surface area (Å²) in [7, 11) is 1.45. The molecule has 2 aromatic rings. The van der Waals surface area contributed by atoms with Crippen molar-refractivity contribution in [1.82, 2.24) is 0 Å². The Morgan fingerprint density at radius 2 is 1.90 bits per heavy atom. The van der Waals surface area contributed by atoms with Crippen molar-refractivity contribution in [3.05, 3.63) is 61.1 Å². The SMILES string of the molecule is COc1cc(F)c(Br)cc1C(N)c1ccc(F)cc1I. The number of halogens is 4. The third-order valence-electron chi connectivity index (χ3n) is 2.91. The molecule has 0 saturated heterocycles. The van der Waals surface area contributed by atoms with E-state index < -0.39 is 11.9 Å². The van der Waals surface area contributed by atoms with E-state index in [-0.39, 0.29) is 5.82 Å². The average Bonchev–Trinajstić information content (AvgIpc) is 2.40. The van der Waals surface area contributed by atoms with E-state index in [2.05, 4.69) is 15.9 Å². The molecule has 2 nitrogen and oxygen atoms in total. The summed E-state index contributed by atoms with van der Waals surface area (Å²) in [5.41, 5.74) is 7.60. The predicted molar refractivity (Wildman–Crippen MR) is 85.8 cm³/mol. The van der Waals surface area contributed by atoms with Gasteiger partial charge in [0.15, 0.2) is 0 Å². The average molecular weight is 454 g/mol. The van der Waals surface area contributed by atoms with Crippen molar-refractivity contribution in [1.29, 1.82) is 0 Å². The van der Waals surface area contributed by atoms with Crippen molar-refractivity contribution in [2.45, 2.75) is 6.04 Å². The lowest BCUT2D eigenvalue weighted by molar-refractivity contribution is 0.404. The smallest absolute Gasteiger partial charge is 0.141 e. The predicted octanol–water partition coefficient (Wildman–Crippen LogP) is 4.39. The molecule has 20 heavy (non-hydrogen) atoms. The van der Waals surface area contributed by atoms with Gasteiger partial charge in [0.05, 0.1) is 17.6 Å². The minimum absolute atomic E-state index is 0.306. The lowest BCUT2D eigenvalue weighted by atomic mass is 9.98. The van der Waals surface area contributed by atoms with E-state index in [1.165, 1.54) is 25.3 Å². The van der Waals surface area contributed by atoms with Crippen LogP contribution in [0.2, 0.25) is 0 Å². The lowest BCUT2D eigenvalue weighted by Gasteiger charge is -2.18. The largest absolute Gasteiger partial charge is 0.496 e. The van der Waals surface area contributed by atoms with Crippen LogP contribution in [0.3, 0.4) is 0 Å².